The first-order chi connectivity index (χ1) is 13.5. The molecule has 28 heavy (non-hydrogen) atoms. The van der Waals surface area contributed by atoms with Gasteiger partial charge >= 0.3 is 0 Å². The van der Waals surface area contributed by atoms with E-state index in [1.165, 1.54) is 11.3 Å². The van der Waals surface area contributed by atoms with Crippen LogP contribution in [0.1, 0.15) is 51.0 Å². The zero-order valence-corrected chi connectivity index (χ0v) is 18.2. The molecule has 1 aromatic heterocycles. The summed E-state index contributed by atoms with van der Waals surface area (Å²) in [5, 5.41) is 2.75. The zero-order valence-electron chi connectivity index (χ0n) is 16.6. The maximum absolute atomic E-state index is 12.8. The first kappa shape index (κ1) is 21.1. The maximum Gasteiger partial charge on any atom is 0.243 e. The van der Waals surface area contributed by atoms with Crippen molar-refractivity contribution in [2.45, 2.75) is 57.3 Å². The molecule has 0 bridgehead atoms. The van der Waals surface area contributed by atoms with E-state index in [0.29, 0.717) is 24.4 Å². The molecule has 0 saturated carbocycles. The Morgan fingerprint density at radius 3 is 2.36 bits per heavy atom. The summed E-state index contributed by atoms with van der Waals surface area (Å²) in [6, 6.07) is 6.93. The summed E-state index contributed by atoms with van der Waals surface area (Å²) in [4.78, 5) is 17.2. The number of benzene rings is 1. The van der Waals surface area contributed by atoms with E-state index in [1.807, 2.05) is 19.2 Å². The molecule has 1 aliphatic rings. The molecule has 2 aromatic rings. The van der Waals surface area contributed by atoms with Gasteiger partial charge in [0.2, 0.25) is 10.0 Å². The van der Waals surface area contributed by atoms with Crippen molar-refractivity contribution in [2.75, 3.05) is 13.1 Å². The summed E-state index contributed by atoms with van der Waals surface area (Å²) in [5.74, 6) is 0.348. The van der Waals surface area contributed by atoms with Crippen molar-refractivity contribution < 1.29 is 13.2 Å². The van der Waals surface area contributed by atoms with Crippen molar-refractivity contribution in [3.63, 3.8) is 0 Å². The number of ketones is 1. The summed E-state index contributed by atoms with van der Waals surface area (Å²) >= 11 is 1.49. The average molecular weight is 421 g/mol. The number of nitrogens with zero attached hydrogens (tertiary/aromatic N) is 2. The molecule has 5 nitrogen and oxygen atoms in total. The first-order valence-electron chi connectivity index (χ1n) is 10.0. The highest BCUT2D eigenvalue weighted by Crippen LogP contribution is 2.26. The molecular weight excluding hydrogens is 392 g/mol. The van der Waals surface area contributed by atoms with Crippen LogP contribution in [0, 0.1) is 5.92 Å². The summed E-state index contributed by atoms with van der Waals surface area (Å²) in [6.45, 7) is 5.28. The smallest absolute Gasteiger partial charge is 0.243 e. The highest BCUT2D eigenvalue weighted by Gasteiger charge is 2.25. The van der Waals surface area contributed by atoms with Gasteiger partial charge in [0.1, 0.15) is 10.8 Å². The Balaban J connectivity index is 1.72. The lowest BCUT2D eigenvalue weighted by Gasteiger charge is -2.25. The highest BCUT2D eigenvalue weighted by molar-refractivity contribution is 7.89. The van der Waals surface area contributed by atoms with Crippen molar-refractivity contribution in [3.05, 3.63) is 34.7 Å². The molecule has 1 aromatic carbocycles. The van der Waals surface area contributed by atoms with Crippen LogP contribution in [-0.2, 0) is 21.2 Å². The van der Waals surface area contributed by atoms with E-state index in [9.17, 15) is 13.2 Å². The minimum Gasteiger partial charge on any atom is -0.299 e. The molecule has 2 heterocycles. The van der Waals surface area contributed by atoms with Crippen LogP contribution in [0.25, 0.3) is 11.3 Å². The van der Waals surface area contributed by atoms with E-state index in [2.05, 4.69) is 4.98 Å². The number of thiazole rings is 1. The van der Waals surface area contributed by atoms with Crippen LogP contribution in [0.15, 0.2) is 34.5 Å². The fraction of sp³-hybridized carbons (Fsp3) is 0.524. The number of carbonyl (C=O) groups excluding carboxylic acids is 1. The topological polar surface area (TPSA) is 67.3 Å². The SMILES string of the molecule is CCC(CC)C(=O)Cc1nc(-c2ccc(S(=O)(=O)N3CCCCC3)cc2)cs1. The van der Waals surface area contributed by atoms with Gasteiger partial charge in [0.25, 0.3) is 0 Å². The molecule has 0 spiro atoms. The van der Waals surface area contributed by atoms with Crippen LogP contribution in [-0.4, -0.2) is 36.6 Å². The molecule has 0 amide bonds. The van der Waals surface area contributed by atoms with E-state index in [1.54, 1.807) is 28.6 Å². The number of sulfonamides is 1. The van der Waals surface area contributed by atoms with Crippen LogP contribution in [0.2, 0.25) is 0 Å². The summed E-state index contributed by atoms with van der Waals surface area (Å²) in [5.41, 5.74) is 1.66. The second-order valence-electron chi connectivity index (χ2n) is 7.27. The minimum atomic E-state index is -3.42. The van der Waals surface area contributed by atoms with Gasteiger partial charge in [0, 0.05) is 30.0 Å². The van der Waals surface area contributed by atoms with E-state index in [4.69, 9.17) is 0 Å². The zero-order chi connectivity index (χ0) is 20.1. The number of aromatic nitrogens is 1. The molecule has 0 N–H and O–H groups in total. The van der Waals surface area contributed by atoms with Crippen LogP contribution < -0.4 is 0 Å². The Labute approximate surface area is 171 Å². The third-order valence-corrected chi connectivity index (χ3v) is 8.18. The number of Topliss-reactive ketones (excluding diaryl/α,β-unsaturated/α-hetero) is 1. The molecule has 7 heteroatoms. The van der Waals surface area contributed by atoms with Crippen LogP contribution >= 0.6 is 11.3 Å². The second kappa shape index (κ2) is 9.29. The number of carbonyl (C=O) groups is 1. The predicted molar refractivity (Wildman–Crippen MR) is 113 cm³/mol. The standard InChI is InChI=1S/C21H28N2O3S2/c1-3-16(4-2)20(24)14-21-22-19(15-27-21)17-8-10-18(11-9-17)28(25,26)23-12-6-5-7-13-23/h8-11,15-16H,3-7,12-14H2,1-2H3. The van der Waals surface area contributed by atoms with Crippen LogP contribution in [0.3, 0.4) is 0 Å². The third-order valence-electron chi connectivity index (χ3n) is 5.42. The van der Waals surface area contributed by atoms with Gasteiger partial charge in [0.15, 0.2) is 0 Å². The normalized spacial score (nSPS) is 15.8. The number of piperidine rings is 1. The third kappa shape index (κ3) is 4.70. The summed E-state index contributed by atoms with van der Waals surface area (Å²) in [6.07, 6.45) is 5.04. The van der Waals surface area contributed by atoms with Gasteiger partial charge in [-0.05, 0) is 37.8 Å². The molecular formula is C21H28N2O3S2. The van der Waals surface area contributed by atoms with Crippen LogP contribution in [0.5, 0.6) is 0 Å². The molecule has 0 atom stereocenters. The van der Waals surface area contributed by atoms with E-state index in [0.717, 1.165) is 48.4 Å². The molecule has 1 saturated heterocycles. The predicted octanol–water partition coefficient (Wildman–Crippen LogP) is 4.53. The van der Waals surface area contributed by atoms with Gasteiger partial charge in [-0.25, -0.2) is 13.4 Å². The molecule has 152 valence electrons. The lowest BCUT2D eigenvalue weighted by atomic mass is 9.96. The molecule has 0 aliphatic carbocycles. The Kier molecular flexibility index (Phi) is 7.01. The van der Waals surface area contributed by atoms with Crippen molar-refractivity contribution in [3.8, 4) is 11.3 Å². The van der Waals surface area contributed by atoms with E-state index in [-0.39, 0.29) is 11.7 Å². The van der Waals surface area contributed by atoms with Crippen molar-refractivity contribution in [1.29, 1.82) is 0 Å². The molecule has 0 unspecified atom stereocenters. The maximum atomic E-state index is 12.8. The molecule has 1 aliphatic heterocycles. The van der Waals surface area contributed by atoms with Crippen molar-refractivity contribution in [1.82, 2.24) is 9.29 Å². The number of hydrogen-bond acceptors (Lipinski definition) is 5. The summed E-state index contributed by atoms with van der Waals surface area (Å²) in [7, 11) is -3.42. The van der Waals surface area contributed by atoms with Gasteiger partial charge in [-0.3, -0.25) is 4.79 Å². The quantitative estimate of drug-likeness (QED) is 0.629. The average Bonchev–Trinajstić information content (AvgIpc) is 3.18. The van der Waals surface area contributed by atoms with Gasteiger partial charge in [-0.1, -0.05) is 32.4 Å². The van der Waals surface area contributed by atoms with E-state index < -0.39 is 10.0 Å². The van der Waals surface area contributed by atoms with Crippen molar-refractivity contribution in [2.24, 2.45) is 5.92 Å². The Morgan fingerprint density at radius 1 is 1.11 bits per heavy atom. The minimum absolute atomic E-state index is 0.103. The molecule has 3 rings (SSSR count). The second-order valence-corrected chi connectivity index (χ2v) is 10.2. The highest BCUT2D eigenvalue weighted by atomic mass is 32.2. The van der Waals surface area contributed by atoms with E-state index >= 15 is 0 Å². The van der Waals surface area contributed by atoms with Crippen LogP contribution in [0.4, 0.5) is 0 Å². The lowest BCUT2D eigenvalue weighted by molar-refractivity contribution is -0.122. The fourth-order valence-corrected chi connectivity index (χ4v) is 5.94. The lowest BCUT2D eigenvalue weighted by Crippen LogP contribution is -2.35. The monoisotopic (exact) mass is 420 g/mol. The van der Waals surface area contributed by atoms with Gasteiger partial charge in [-0.15, -0.1) is 11.3 Å². The molecule has 1 fully saturated rings. The largest absolute Gasteiger partial charge is 0.299 e. The molecule has 0 radical (unpaired) electrons. The number of rotatable bonds is 8. The van der Waals surface area contributed by atoms with Gasteiger partial charge in [0.05, 0.1) is 17.0 Å². The van der Waals surface area contributed by atoms with Crippen molar-refractivity contribution >= 4 is 27.1 Å². The Bertz CT molecular complexity index is 894. The van der Waals surface area contributed by atoms with Gasteiger partial charge < -0.3 is 0 Å². The first-order valence-corrected chi connectivity index (χ1v) is 12.3. The fourth-order valence-electron chi connectivity index (χ4n) is 3.61. The number of hydrogen-bond donors (Lipinski definition) is 0. The summed E-state index contributed by atoms with van der Waals surface area (Å²) < 4.78 is 27.1. The Morgan fingerprint density at radius 2 is 1.75 bits per heavy atom. The van der Waals surface area contributed by atoms with Gasteiger partial charge in [-0.2, -0.15) is 4.31 Å². The Hall–Kier alpha value is -1.57.